The Balaban J connectivity index is 0. The van der Waals surface area contributed by atoms with Crippen LogP contribution in [0.4, 0.5) is 0 Å². The van der Waals surface area contributed by atoms with Gasteiger partial charge in [0.15, 0.2) is 0 Å². The van der Waals surface area contributed by atoms with E-state index in [4.69, 9.17) is 25.4 Å². The van der Waals surface area contributed by atoms with E-state index >= 15 is 0 Å². The van der Waals surface area contributed by atoms with E-state index in [0.29, 0.717) is 13.0 Å². The topological polar surface area (TPSA) is 139 Å². The number of aliphatic hydroxyl groups excluding tert-OH is 1. The van der Waals surface area contributed by atoms with E-state index in [0.717, 1.165) is 19.3 Å². The number of unbranched alkanes of at least 4 members (excludes halogenated alkanes) is 7. The normalized spacial score (nSPS) is 12.1. The summed E-state index contributed by atoms with van der Waals surface area (Å²) in [6.07, 6.45) is 9.01. The van der Waals surface area contributed by atoms with Gasteiger partial charge in [-0.05, 0) is 19.8 Å². The molecule has 0 aliphatic rings. The molecule has 0 amide bonds. The first-order valence-electron chi connectivity index (χ1n) is 9.55. The summed E-state index contributed by atoms with van der Waals surface area (Å²) in [5.74, 6) is -0.566. The van der Waals surface area contributed by atoms with E-state index in [1.807, 2.05) is 0 Å². The second-order valence-electron chi connectivity index (χ2n) is 6.37. The molecule has 0 bridgehead atoms. The molecule has 0 rings (SSSR count). The molecule has 0 aromatic carbocycles. The molecule has 1 atom stereocenters. The lowest BCUT2D eigenvalue weighted by atomic mass is 10.1. The molecular weight excluding hydrogens is 373 g/mol. The van der Waals surface area contributed by atoms with Crippen molar-refractivity contribution in [3.05, 3.63) is 12.2 Å². The first-order chi connectivity index (χ1) is 12.7. The molecule has 0 fully saturated rings. The number of rotatable bonds is 15. The average Bonchev–Trinajstić information content (AvgIpc) is 2.60. The number of ether oxygens (including phenoxy) is 1. The minimum absolute atomic E-state index is 0.0972. The van der Waals surface area contributed by atoms with Crippen LogP contribution in [0, 0.1) is 0 Å². The number of hydrogen-bond acceptors (Lipinski definition) is 6. The molecule has 0 aromatic rings. The highest BCUT2D eigenvalue weighted by molar-refractivity contribution is 7.46. The fourth-order valence-corrected chi connectivity index (χ4v) is 2.47. The van der Waals surface area contributed by atoms with Crippen LogP contribution in [0.1, 0.15) is 71.6 Å². The highest BCUT2D eigenvalue weighted by Gasteiger charge is 2.21. The van der Waals surface area contributed by atoms with Crippen molar-refractivity contribution in [1.82, 2.24) is 0 Å². The largest absolute Gasteiger partial charge is 0.469 e. The van der Waals surface area contributed by atoms with Gasteiger partial charge in [-0.2, -0.15) is 0 Å². The van der Waals surface area contributed by atoms with Gasteiger partial charge in [-0.15, -0.1) is 0 Å². The van der Waals surface area contributed by atoms with E-state index in [1.54, 1.807) is 0 Å². The predicted molar refractivity (Wildman–Crippen MR) is 106 cm³/mol. The van der Waals surface area contributed by atoms with Crippen LogP contribution in [0.5, 0.6) is 0 Å². The number of hydrogen-bond donors (Lipinski definition) is 4. The minimum atomic E-state index is -4.56. The summed E-state index contributed by atoms with van der Waals surface area (Å²) in [5.41, 5.74) is 5.03. The average molecular weight is 411 g/mol. The molecular formula is C18H38NO7P. The Hall–Kier alpha value is -0.760. The van der Waals surface area contributed by atoms with Crippen LogP contribution in [-0.4, -0.2) is 46.7 Å². The van der Waals surface area contributed by atoms with Crippen LogP contribution < -0.4 is 5.73 Å². The van der Waals surface area contributed by atoms with Crippen LogP contribution in [0.15, 0.2) is 12.2 Å². The molecule has 5 N–H and O–H groups in total. The SMILES string of the molecule is C=C(C)C(=O)OC(CCCCCCCCCC)COP(=O)(O)O.NCCO. The number of carbonyl (C=O) groups is 1. The van der Waals surface area contributed by atoms with Crippen LogP contribution in [0.2, 0.25) is 0 Å². The van der Waals surface area contributed by atoms with E-state index in [-0.39, 0.29) is 18.8 Å². The maximum absolute atomic E-state index is 11.5. The van der Waals surface area contributed by atoms with Crippen molar-refractivity contribution in [2.75, 3.05) is 19.8 Å². The van der Waals surface area contributed by atoms with Gasteiger partial charge in [0.25, 0.3) is 0 Å². The van der Waals surface area contributed by atoms with E-state index in [1.165, 1.54) is 39.0 Å². The molecule has 0 heterocycles. The van der Waals surface area contributed by atoms with Crippen molar-refractivity contribution in [2.24, 2.45) is 5.73 Å². The monoisotopic (exact) mass is 411 g/mol. The van der Waals surface area contributed by atoms with Crippen molar-refractivity contribution in [3.63, 3.8) is 0 Å². The van der Waals surface area contributed by atoms with Gasteiger partial charge in [0, 0.05) is 12.1 Å². The summed E-state index contributed by atoms with van der Waals surface area (Å²) in [6, 6.07) is 0. The second kappa shape index (κ2) is 18.6. The van der Waals surface area contributed by atoms with Crippen molar-refractivity contribution >= 4 is 13.8 Å². The van der Waals surface area contributed by atoms with Crippen molar-refractivity contribution in [2.45, 2.75) is 77.7 Å². The lowest BCUT2D eigenvalue weighted by Gasteiger charge is -2.18. The summed E-state index contributed by atoms with van der Waals surface area (Å²) in [5, 5.41) is 7.75. The van der Waals surface area contributed by atoms with Gasteiger partial charge in [-0.3, -0.25) is 4.52 Å². The Morgan fingerprint density at radius 3 is 2.00 bits per heavy atom. The minimum Gasteiger partial charge on any atom is -0.457 e. The molecule has 9 heteroatoms. The smallest absolute Gasteiger partial charge is 0.457 e. The third kappa shape index (κ3) is 23.2. The zero-order chi connectivity index (χ0) is 21.1. The molecule has 0 aliphatic carbocycles. The Morgan fingerprint density at radius 1 is 1.11 bits per heavy atom. The molecule has 1 unspecified atom stereocenters. The molecule has 0 spiro atoms. The van der Waals surface area contributed by atoms with Gasteiger partial charge in [0.05, 0.1) is 13.2 Å². The molecule has 27 heavy (non-hydrogen) atoms. The van der Waals surface area contributed by atoms with Crippen molar-refractivity contribution in [1.29, 1.82) is 0 Å². The Kier molecular flexibility index (Phi) is 19.6. The molecule has 8 nitrogen and oxygen atoms in total. The number of phosphoric acid groups is 1. The Bertz CT molecular complexity index is 424. The number of nitrogens with two attached hydrogens (primary N) is 1. The van der Waals surface area contributed by atoms with Crippen molar-refractivity contribution < 1.29 is 33.5 Å². The number of esters is 1. The first kappa shape index (κ1) is 28.4. The highest BCUT2D eigenvalue weighted by atomic mass is 31.2. The molecule has 0 aromatic heterocycles. The fraction of sp³-hybridized carbons (Fsp3) is 0.833. The molecule has 162 valence electrons. The number of aliphatic hydroxyl groups is 1. The maximum Gasteiger partial charge on any atom is 0.469 e. The molecule has 0 saturated carbocycles. The van der Waals surface area contributed by atoms with Crippen molar-refractivity contribution in [3.8, 4) is 0 Å². The standard InChI is InChI=1S/C16H31O6P.C2H7NO/c1-4-5-6-7-8-9-10-11-12-15(13-21-23(18,19)20)22-16(17)14(2)3;3-1-2-4/h15H,2,4-13H2,1,3H3,(H2,18,19,20);4H,1-3H2. The summed E-state index contributed by atoms with van der Waals surface area (Å²) in [7, 11) is -4.56. The predicted octanol–water partition coefficient (Wildman–Crippen LogP) is 3.05. The first-order valence-corrected chi connectivity index (χ1v) is 11.1. The Labute approximate surface area is 163 Å². The lowest BCUT2D eigenvalue weighted by Crippen LogP contribution is -2.23. The van der Waals surface area contributed by atoms with Gasteiger partial charge in [-0.25, -0.2) is 9.36 Å². The molecule has 0 radical (unpaired) electrons. The summed E-state index contributed by atoms with van der Waals surface area (Å²) >= 11 is 0. The molecule has 0 saturated heterocycles. The summed E-state index contributed by atoms with van der Waals surface area (Å²) in [6.45, 7) is 7.37. The highest BCUT2D eigenvalue weighted by Crippen LogP contribution is 2.36. The van der Waals surface area contributed by atoms with Crippen LogP contribution in [-0.2, 0) is 18.6 Å². The summed E-state index contributed by atoms with van der Waals surface area (Å²) < 4.78 is 20.4. The Morgan fingerprint density at radius 2 is 1.59 bits per heavy atom. The number of carbonyl (C=O) groups excluding carboxylic acids is 1. The van der Waals surface area contributed by atoms with Crippen LogP contribution in [0.25, 0.3) is 0 Å². The van der Waals surface area contributed by atoms with Gasteiger partial charge in [-0.1, -0.05) is 58.4 Å². The third-order valence-corrected chi connectivity index (χ3v) is 4.04. The summed E-state index contributed by atoms with van der Waals surface area (Å²) in [4.78, 5) is 29.0. The number of phosphoric ester groups is 1. The van der Waals surface area contributed by atoms with Gasteiger partial charge in [0.1, 0.15) is 6.10 Å². The second-order valence-corrected chi connectivity index (χ2v) is 7.61. The quantitative estimate of drug-likeness (QED) is 0.140. The molecule has 0 aliphatic heterocycles. The van der Waals surface area contributed by atoms with Gasteiger partial charge >= 0.3 is 13.8 Å². The zero-order valence-electron chi connectivity index (χ0n) is 16.8. The third-order valence-electron chi connectivity index (χ3n) is 3.56. The van der Waals surface area contributed by atoms with Gasteiger partial charge in [0.2, 0.25) is 0 Å². The van der Waals surface area contributed by atoms with E-state index < -0.39 is 19.9 Å². The van der Waals surface area contributed by atoms with Gasteiger partial charge < -0.3 is 25.4 Å². The van der Waals surface area contributed by atoms with E-state index in [9.17, 15) is 9.36 Å². The lowest BCUT2D eigenvalue weighted by molar-refractivity contribution is -0.146. The van der Waals surface area contributed by atoms with Crippen LogP contribution >= 0.6 is 7.82 Å². The fourth-order valence-electron chi connectivity index (χ4n) is 2.11. The van der Waals surface area contributed by atoms with E-state index in [2.05, 4.69) is 18.0 Å². The van der Waals surface area contributed by atoms with Crippen LogP contribution in [0.3, 0.4) is 0 Å². The zero-order valence-corrected chi connectivity index (χ0v) is 17.7. The maximum atomic E-state index is 11.5.